The Morgan fingerprint density at radius 2 is 1.96 bits per heavy atom. The van der Waals surface area contributed by atoms with Crippen molar-refractivity contribution in [1.82, 2.24) is 5.32 Å². The van der Waals surface area contributed by atoms with Crippen molar-refractivity contribution in [2.24, 2.45) is 0 Å². The number of para-hydroxylation sites is 1. The number of ether oxygens (including phenoxy) is 2. The summed E-state index contributed by atoms with van der Waals surface area (Å²) in [7, 11) is 1.59. The van der Waals surface area contributed by atoms with E-state index in [9.17, 15) is 18.3 Å². The van der Waals surface area contributed by atoms with Crippen molar-refractivity contribution >= 4 is 0 Å². The monoisotopic (exact) mass is 345 g/mol. The summed E-state index contributed by atoms with van der Waals surface area (Å²) in [5.41, 5.74) is -1.51. The third-order valence-corrected chi connectivity index (χ3v) is 4.99. The molecule has 2 aliphatic rings. The Bertz CT molecular complexity index is 583. The van der Waals surface area contributed by atoms with Gasteiger partial charge in [-0.05, 0) is 43.7 Å². The second kappa shape index (κ2) is 6.44. The number of alkyl halides is 3. The van der Waals surface area contributed by atoms with E-state index in [-0.39, 0.29) is 24.9 Å². The van der Waals surface area contributed by atoms with Gasteiger partial charge in [0.15, 0.2) is 17.1 Å². The van der Waals surface area contributed by atoms with Crippen molar-refractivity contribution in [1.29, 1.82) is 0 Å². The number of nitrogens with one attached hydrogen (secondary N) is 1. The van der Waals surface area contributed by atoms with Crippen molar-refractivity contribution in [3.8, 4) is 11.5 Å². The van der Waals surface area contributed by atoms with Gasteiger partial charge in [0, 0.05) is 12.1 Å². The molecule has 0 amide bonds. The molecule has 134 valence electrons. The molecule has 0 saturated heterocycles. The van der Waals surface area contributed by atoms with E-state index < -0.39 is 11.8 Å². The van der Waals surface area contributed by atoms with E-state index in [1.54, 1.807) is 7.11 Å². The molecule has 1 fully saturated rings. The molecule has 0 unspecified atom stereocenters. The van der Waals surface area contributed by atoms with Crippen LogP contribution in [0.2, 0.25) is 0 Å². The van der Waals surface area contributed by atoms with Gasteiger partial charge in [-0.2, -0.15) is 13.2 Å². The molecule has 1 aromatic carbocycles. The van der Waals surface area contributed by atoms with Crippen molar-refractivity contribution in [2.45, 2.75) is 56.0 Å². The smallest absolute Gasteiger partial charge is 0.417 e. The molecule has 1 heterocycles. The van der Waals surface area contributed by atoms with Crippen LogP contribution in [0.5, 0.6) is 11.5 Å². The van der Waals surface area contributed by atoms with E-state index in [0.29, 0.717) is 25.2 Å². The SMILES string of the molecule is COc1cccc2c1OC[C@@H](NC1CCC(O)(C(F)(F)F)CC1)C2. The predicted octanol–water partition coefficient (Wildman–Crippen LogP) is 2.82. The Labute approximate surface area is 139 Å². The van der Waals surface area contributed by atoms with E-state index in [2.05, 4.69) is 5.32 Å². The minimum atomic E-state index is -4.55. The summed E-state index contributed by atoms with van der Waals surface area (Å²) in [6, 6.07) is 5.72. The summed E-state index contributed by atoms with van der Waals surface area (Å²) in [5.74, 6) is 1.44. The topological polar surface area (TPSA) is 50.7 Å². The van der Waals surface area contributed by atoms with Crippen LogP contribution in [0.25, 0.3) is 0 Å². The van der Waals surface area contributed by atoms with Gasteiger partial charge in [0.2, 0.25) is 0 Å². The quantitative estimate of drug-likeness (QED) is 0.885. The maximum atomic E-state index is 12.8. The van der Waals surface area contributed by atoms with Gasteiger partial charge < -0.3 is 19.9 Å². The molecule has 1 atom stereocenters. The number of rotatable bonds is 3. The molecule has 0 aromatic heterocycles. The summed E-state index contributed by atoms with van der Waals surface area (Å²) >= 11 is 0. The van der Waals surface area contributed by atoms with Gasteiger partial charge >= 0.3 is 6.18 Å². The molecule has 2 N–H and O–H groups in total. The fourth-order valence-electron chi connectivity index (χ4n) is 3.54. The first-order chi connectivity index (χ1) is 11.3. The van der Waals surface area contributed by atoms with Crippen molar-refractivity contribution in [3.05, 3.63) is 23.8 Å². The average Bonchev–Trinajstić information content (AvgIpc) is 2.55. The van der Waals surface area contributed by atoms with E-state index >= 15 is 0 Å². The molecule has 1 aliphatic carbocycles. The van der Waals surface area contributed by atoms with Crippen LogP contribution in [0.15, 0.2) is 18.2 Å². The maximum absolute atomic E-state index is 12.8. The second-order valence-electron chi connectivity index (χ2n) is 6.63. The van der Waals surface area contributed by atoms with Crippen LogP contribution in [0, 0.1) is 0 Å². The molecule has 24 heavy (non-hydrogen) atoms. The fourth-order valence-corrected chi connectivity index (χ4v) is 3.54. The summed E-state index contributed by atoms with van der Waals surface area (Å²) in [5, 5.41) is 13.1. The zero-order valence-electron chi connectivity index (χ0n) is 13.5. The van der Waals surface area contributed by atoms with Crippen LogP contribution in [0.3, 0.4) is 0 Å². The minimum Gasteiger partial charge on any atom is -0.493 e. The molecule has 0 bridgehead atoms. The van der Waals surface area contributed by atoms with Crippen LogP contribution in [0.1, 0.15) is 31.2 Å². The van der Waals surface area contributed by atoms with Gasteiger partial charge in [0.05, 0.1) is 7.11 Å². The Morgan fingerprint density at radius 3 is 2.58 bits per heavy atom. The molecule has 4 nitrogen and oxygen atoms in total. The van der Waals surface area contributed by atoms with Gasteiger partial charge in [0.1, 0.15) is 6.61 Å². The summed E-state index contributed by atoms with van der Waals surface area (Å²) in [6.45, 7) is 0.452. The molecular formula is C17H22F3NO3. The first-order valence-electron chi connectivity index (χ1n) is 8.16. The Balaban J connectivity index is 1.57. The lowest BCUT2D eigenvalue weighted by Gasteiger charge is -2.39. The van der Waals surface area contributed by atoms with Crippen molar-refractivity contribution in [2.75, 3.05) is 13.7 Å². The van der Waals surface area contributed by atoms with Gasteiger partial charge in [-0.3, -0.25) is 0 Å². The molecule has 7 heteroatoms. The van der Waals surface area contributed by atoms with E-state index in [1.807, 2.05) is 18.2 Å². The summed E-state index contributed by atoms with van der Waals surface area (Å²) in [6.07, 6.45) is -3.72. The maximum Gasteiger partial charge on any atom is 0.417 e. The van der Waals surface area contributed by atoms with Crippen molar-refractivity contribution < 1.29 is 27.8 Å². The molecule has 3 rings (SSSR count). The first-order valence-corrected chi connectivity index (χ1v) is 8.16. The number of hydrogen-bond donors (Lipinski definition) is 2. The first kappa shape index (κ1) is 17.4. The Hall–Kier alpha value is -1.47. The van der Waals surface area contributed by atoms with Crippen LogP contribution in [-0.4, -0.2) is 42.7 Å². The standard InChI is InChI=1S/C17H22F3NO3/c1-23-14-4-2-3-11-9-13(10-24-15(11)14)21-12-5-7-16(22,8-6-12)17(18,19)20/h2-4,12-13,21-22H,5-10H2,1H3/t12?,13-,16?/m0/s1. The van der Waals surface area contributed by atoms with Crippen LogP contribution >= 0.6 is 0 Å². The fraction of sp³-hybridized carbons (Fsp3) is 0.647. The molecule has 0 radical (unpaired) electrons. The van der Waals surface area contributed by atoms with Crippen LogP contribution in [-0.2, 0) is 6.42 Å². The lowest BCUT2D eigenvalue weighted by molar-refractivity contribution is -0.270. The van der Waals surface area contributed by atoms with E-state index in [4.69, 9.17) is 9.47 Å². The lowest BCUT2D eigenvalue weighted by Crippen LogP contribution is -2.53. The Kier molecular flexibility index (Phi) is 4.66. The molecule has 1 aliphatic heterocycles. The van der Waals surface area contributed by atoms with Gasteiger partial charge in [-0.15, -0.1) is 0 Å². The average molecular weight is 345 g/mol. The number of fused-ring (bicyclic) bond motifs is 1. The largest absolute Gasteiger partial charge is 0.493 e. The highest BCUT2D eigenvalue weighted by atomic mass is 19.4. The van der Waals surface area contributed by atoms with Crippen LogP contribution in [0.4, 0.5) is 13.2 Å². The summed E-state index contributed by atoms with van der Waals surface area (Å²) in [4.78, 5) is 0. The third kappa shape index (κ3) is 3.32. The molecule has 1 saturated carbocycles. The van der Waals surface area contributed by atoms with E-state index in [1.165, 1.54) is 0 Å². The number of aliphatic hydroxyl groups is 1. The zero-order chi connectivity index (χ0) is 17.4. The number of halogens is 3. The van der Waals surface area contributed by atoms with Gasteiger partial charge in [-0.25, -0.2) is 0 Å². The number of methoxy groups -OCH3 is 1. The van der Waals surface area contributed by atoms with E-state index in [0.717, 1.165) is 17.7 Å². The number of benzene rings is 1. The predicted molar refractivity (Wildman–Crippen MR) is 82.4 cm³/mol. The highest BCUT2D eigenvalue weighted by Gasteiger charge is 2.54. The third-order valence-electron chi connectivity index (χ3n) is 4.99. The highest BCUT2D eigenvalue weighted by molar-refractivity contribution is 5.48. The van der Waals surface area contributed by atoms with Crippen molar-refractivity contribution in [3.63, 3.8) is 0 Å². The normalized spacial score (nSPS) is 30.4. The van der Waals surface area contributed by atoms with Gasteiger partial charge in [0.25, 0.3) is 0 Å². The zero-order valence-corrected chi connectivity index (χ0v) is 13.5. The lowest BCUT2D eigenvalue weighted by atomic mass is 9.81. The van der Waals surface area contributed by atoms with Gasteiger partial charge in [-0.1, -0.05) is 12.1 Å². The minimum absolute atomic E-state index is 0.0339. The Morgan fingerprint density at radius 1 is 1.25 bits per heavy atom. The number of hydrogen-bond acceptors (Lipinski definition) is 4. The highest BCUT2D eigenvalue weighted by Crippen LogP contribution is 2.41. The summed E-state index contributed by atoms with van der Waals surface area (Å²) < 4.78 is 49.6. The molecule has 0 spiro atoms. The molecule has 1 aromatic rings. The molecular weight excluding hydrogens is 323 g/mol. The second-order valence-corrected chi connectivity index (χ2v) is 6.63. The van der Waals surface area contributed by atoms with Crippen LogP contribution < -0.4 is 14.8 Å².